The smallest absolute Gasteiger partial charge is 0.337 e. The van der Waals surface area contributed by atoms with E-state index in [0.717, 1.165) is 27.7 Å². The summed E-state index contributed by atoms with van der Waals surface area (Å²) in [5.41, 5.74) is 6.06. The summed E-state index contributed by atoms with van der Waals surface area (Å²) < 4.78 is 4.83. The van der Waals surface area contributed by atoms with Crippen molar-refractivity contribution in [1.29, 1.82) is 0 Å². The molecule has 5 heteroatoms. The number of benzene rings is 2. The Kier molecular flexibility index (Phi) is 4.53. The molecular weight excluding hydrogens is 366 g/mol. The van der Waals surface area contributed by atoms with Gasteiger partial charge in [-0.1, -0.05) is 29.8 Å². The summed E-state index contributed by atoms with van der Waals surface area (Å²) in [7, 11) is 1.40. The molecule has 0 amide bonds. The van der Waals surface area contributed by atoms with E-state index >= 15 is 0 Å². The molecule has 0 bridgehead atoms. The maximum atomic E-state index is 11.8. The van der Waals surface area contributed by atoms with Crippen LogP contribution in [-0.2, 0) is 11.2 Å². The van der Waals surface area contributed by atoms with E-state index in [4.69, 9.17) is 16.3 Å². The van der Waals surface area contributed by atoms with Gasteiger partial charge in [0.2, 0.25) is 0 Å². The molecule has 0 fully saturated rings. The van der Waals surface area contributed by atoms with Gasteiger partial charge in [0.1, 0.15) is 0 Å². The highest BCUT2D eigenvalue weighted by atomic mass is 35.5. The quantitative estimate of drug-likeness (QED) is 0.445. The molecule has 0 aliphatic heterocycles. The molecule has 0 unspecified atom stereocenters. The summed E-state index contributed by atoms with van der Waals surface area (Å²) in [6, 6.07) is 15.6. The number of methoxy groups -OCH3 is 1. The third-order valence-electron chi connectivity index (χ3n) is 4.41. The minimum Gasteiger partial charge on any atom is -0.465 e. The van der Waals surface area contributed by atoms with Gasteiger partial charge >= 0.3 is 5.97 Å². The number of H-pyrrole nitrogens is 1. The Balaban J connectivity index is 1.83. The van der Waals surface area contributed by atoms with E-state index in [1.807, 2.05) is 36.4 Å². The van der Waals surface area contributed by atoms with Gasteiger partial charge in [0.25, 0.3) is 0 Å². The molecular formula is C21H16ClNO2S. The predicted octanol–water partition coefficient (Wildman–Crippen LogP) is 5.93. The highest BCUT2D eigenvalue weighted by Crippen LogP contribution is 2.34. The van der Waals surface area contributed by atoms with Crippen molar-refractivity contribution in [3.05, 3.63) is 81.0 Å². The van der Waals surface area contributed by atoms with Gasteiger partial charge in [-0.2, -0.15) is 11.3 Å². The van der Waals surface area contributed by atoms with Crippen LogP contribution in [0, 0.1) is 0 Å². The molecule has 0 saturated heterocycles. The fourth-order valence-electron chi connectivity index (χ4n) is 3.19. The summed E-state index contributed by atoms with van der Waals surface area (Å²) in [6.45, 7) is 0. The fourth-order valence-corrected chi connectivity index (χ4v) is 4.01. The molecule has 2 aromatic heterocycles. The van der Waals surface area contributed by atoms with Gasteiger partial charge in [0, 0.05) is 33.3 Å². The molecule has 0 aliphatic rings. The first-order valence-corrected chi connectivity index (χ1v) is 9.47. The van der Waals surface area contributed by atoms with Gasteiger partial charge in [-0.25, -0.2) is 4.79 Å². The van der Waals surface area contributed by atoms with Crippen LogP contribution in [0.15, 0.2) is 59.3 Å². The SMILES string of the molecule is COC(=O)c1cccc(Cc2c(-c3ccsc3)[nH]c3cc(Cl)ccc23)c1. The van der Waals surface area contributed by atoms with Crippen molar-refractivity contribution < 1.29 is 9.53 Å². The number of nitrogens with one attached hydrogen (secondary N) is 1. The van der Waals surface area contributed by atoms with Gasteiger partial charge < -0.3 is 9.72 Å². The molecule has 26 heavy (non-hydrogen) atoms. The maximum Gasteiger partial charge on any atom is 0.337 e. The van der Waals surface area contributed by atoms with Crippen molar-refractivity contribution >= 4 is 39.8 Å². The number of thiophene rings is 1. The summed E-state index contributed by atoms with van der Waals surface area (Å²) in [5.74, 6) is -0.324. The molecule has 1 N–H and O–H groups in total. The number of fused-ring (bicyclic) bond motifs is 1. The molecule has 2 heterocycles. The van der Waals surface area contributed by atoms with Crippen LogP contribution in [0.2, 0.25) is 5.02 Å². The number of carbonyl (C=O) groups is 1. The third-order valence-corrected chi connectivity index (χ3v) is 5.33. The zero-order valence-electron chi connectivity index (χ0n) is 14.1. The monoisotopic (exact) mass is 381 g/mol. The number of ether oxygens (including phenoxy) is 1. The van der Waals surface area contributed by atoms with E-state index in [9.17, 15) is 4.79 Å². The van der Waals surface area contributed by atoms with Crippen molar-refractivity contribution in [3.8, 4) is 11.3 Å². The Morgan fingerprint density at radius 3 is 2.85 bits per heavy atom. The van der Waals surface area contributed by atoms with Crippen molar-refractivity contribution in [2.24, 2.45) is 0 Å². The van der Waals surface area contributed by atoms with Crippen LogP contribution >= 0.6 is 22.9 Å². The Hall–Kier alpha value is -2.56. The third kappa shape index (κ3) is 3.14. The van der Waals surface area contributed by atoms with Gasteiger partial charge in [-0.05, 0) is 46.8 Å². The van der Waals surface area contributed by atoms with Crippen LogP contribution in [0.5, 0.6) is 0 Å². The molecule has 0 atom stereocenters. The van der Waals surface area contributed by atoms with Gasteiger partial charge in [-0.3, -0.25) is 0 Å². The average molecular weight is 382 g/mol. The normalized spacial score (nSPS) is 11.0. The zero-order valence-corrected chi connectivity index (χ0v) is 15.7. The molecule has 4 aromatic rings. The highest BCUT2D eigenvalue weighted by molar-refractivity contribution is 7.08. The van der Waals surface area contributed by atoms with Crippen LogP contribution < -0.4 is 0 Å². The standard InChI is InChI=1S/C21H16ClNO2S/c1-25-21(24)14-4-2-3-13(9-14)10-18-17-6-5-16(22)11-19(17)23-20(18)15-7-8-26-12-15/h2-9,11-12,23H,10H2,1H3. The van der Waals surface area contributed by atoms with Gasteiger partial charge in [-0.15, -0.1) is 0 Å². The van der Waals surface area contributed by atoms with Crippen LogP contribution in [-0.4, -0.2) is 18.1 Å². The van der Waals surface area contributed by atoms with E-state index < -0.39 is 0 Å². The van der Waals surface area contributed by atoms with Gasteiger partial charge in [0.05, 0.1) is 18.4 Å². The van der Waals surface area contributed by atoms with Crippen molar-refractivity contribution in [3.63, 3.8) is 0 Å². The first-order valence-electron chi connectivity index (χ1n) is 8.15. The Bertz CT molecular complexity index is 1080. The van der Waals surface area contributed by atoms with E-state index in [1.165, 1.54) is 12.7 Å². The largest absolute Gasteiger partial charge is 0.465 e. The molecule has 2 aromatic carbocycles. The highest BCUT2D eigenvalue weighted by Gasteiger charge is 2.15. The molecule has 0 spiro atoms. The minimum absolute atomic E-state index is 0.324. The van der Waals surface area contributed by atoms with Crippen LogP contribution in [0.4, 0.5) is 0 Å². The lowest BCUT2D eigenvalue weighted by atomic mass is 9.98. The summed E-state index contributed by atoms with van der Waals surface area (Å²) in [6.07, 6.45) is 0.706. The van der Waals surface area contributed by atoms with Crippen LogP contribution in [0.3, 0.4) is 0 Å². The second-order valence-corrected chi connectivity index (χ2v) is 7.27. The molecule has 0 radical (unpaired) electrons. The lowest BCUT2D eigenvalue weighted by Gasteiger charge is -2.06. The van der Waals surface area contributed by atoms with Gasteiger partial charge in [0.15, 0.2) is 0 Å². The maximum absolute atomic E-state index is 11.8. The van der Waals surface area contributed by atoms with E-state index in [2.05, 4.69) is 21.8 Å². The molecule has 4 rings (SSSR count). The van der Waals surface area contributed by atoms with Crippen molar-refractivity contribution in [2.75, 3.05) is 7.11 Å². The average Bonchev–Trinajstić information content (AvgIpc) is 3.29. The number of aromatic amines is 1. The number of hydrogen-bond acceptors (Lipinski definition) is 3. The lowest BCUT2D eigenvalue weighted by molar-refractivity contribution is 0.0600. The van der Waals surface area contributed by atoms with Crippen molar-refractivity contribution in [1.82, 2.24) is 4.98 Å². The zero-order chi connectivity index (χ0) is 18.1. The fraction of sp³-hybridized carbons (Fsp3) is 0.0952. The summed E-state index contributed by atoms with van der Waals surface area (Å²) in [4.78, 5) is 15.3. The van der Waals surface area contributed by atoms with E-state index in [-0.39, 0.29) is 5.97 Å². The first kappa shape index (κ1) is 16.9. The first-order chi connectivity index (χ1) is 12.7. The number of hydrogen-bond donors (Lipinski definition) is 1. The number of esters is 1. The Morgan fingerprint density at radius 2 is 2.08 bits per heavy atom. The Morgan fingerprint density at radius 1 is 1.19 bits per heavy atom. The summed E-state index contributed by atoms with van der Waals surface area (Å²) in [5, 5.41) is 6.03. The van der Waals surface area contributed by atoms with E-state index in [0.29, 0.717) is 17.0 Å². The van der Waals surface area contributed by atoms with Crippen LogP contribution in [0.1, 0.15) is 21.5 Å². The molecule has 3 nitrogen and oxygen atoms in total. The second kappa shape index (κ2) is 6.98. The van der Waals surface area contributed by atoms with Crippen molar-refractivity contribution in [2.45, 2.75) is 6.42 Å². The molecule has 0 saturated carbocycles. The van der Waals surface area contributed by atoms with Crippen LogP contribution in [0.25, 0.3) is 22.2 Å². The number of halogens is 1. The number of aromatic nitrogens is 1. The Labute approximate surface area is 160 Å². The second-order valence-electron chi connectivity index (χ2n) is 6.05. The topological polar surface area (TPSA) is 42.1 Å². The molecule has 0 aliphatic carbocycles. The minimum atomic E-state index is -0.324. The summed E-state index contributed by atoms with van der Waals surface area (Å²) >= 11 is 7.83. The number of rotatable bonds is 4. The lowest BCUT2D eigenvalue weighted by Crippen LogP contribution is -2.02. The predicted molar refractivity (Wildman–Crippen MR) is 107 cm³/mol. The molecule has 130 valence electrons. The number of carbonyl (C=O) groups excluding carboxylic acids is 1. The van der Waals surface area contributed by atoms with E-state index in [1.54, 1.807) is 17.4 Å².